The van der Waals surface area contributed by atoms with Gasteiger partial charge in [0.2, 0.25) is 0 Å². The molecular formula is C7H11N3. The Morgan fingerprint density at radius 1 is 1.50 bits per heavy atom. The van der Waals surface area contributed by atoms with Crippen molar-refractivity contribution in [1.29, 1.82) is 0 Å². The highest BCUT2D eigenvalue weighted by Crippen LogP contribution is 2.06. The van der Waals surface area contributed by atoms with Crippen LogP contribution in [-0.4, -0.2) is 17.8 Å². The lowest BCUT2D eigenvalue weighted by Crippen LogP contribution is -2.32. The standard InChI is InChI=1S/C7H11N3/c1-5-6(2)9-10(4)7(3)8-5/h8H,1,3H2,2,4H3. The maximum Gasteiger partial charge on any atom is 0.119 e. The number of hydrazone groups is 1. The van der Waals surface area contributed by atoms with Crippen molar-refractivity contribution in [2.45, 2.75) is 6.92 Å². The molecule has 3 nitrogen and oxygen atoms in total. The predicted octanol–water partition coefficient (Wildman–Crippen LogP) is 0.882. The Labute approximate surface area is 60.7 Å². The van der Waals surface area contributed by atoms with E-state index in [1.807, 2.05) is 14.0 Å². The van der Waals surface area contributed by atoms with Gasteiger partial charge in [-0.25, -0.2) is 0 Å². The molecule has 1 heterocycles. The van der Waals surface area contributed by atoms with E-state index in [1.54, 1.807) is 5.01 Å². The Bertz CT molecular complexity index is 215. The minimum Gasteiger partial charge on any atom is -0.340 e. The molecule has 0 atom stereocenters. The maximum atomic E-state index is 4.13. The second-order valence-corrected chi connectivity index (χ2v) is 2.26. The highest BCUT2D eigenvalue weighted by molar-refractivity contribution is 5.97. The molecule has 0 aromatic carbocycles. The van der Waals surface area contributed by atoms with Crippen LogP contribution >= 0.6 is 0 Å². The van der Waals surface area contributed by atoms with Crippen molar-refractivity contribution in [3.63, 3.8) is 0 Å². The van der Waals surface area contributed by atoms with E-state index in [9.17, 15) is 0 Å². The summed E-state index contributed by atoms with van der Waals surface area (Å²) in [6.07, 6.45) is 0. The number of rotatable bonds is 0. The Hall–Kier alpha value is -1.25. The van der Waals surface area contributed by atoms with E-state index in [0.717, 1.165) is 17.2 Å². The third-order valence-electron chi connectivity index (χ3n) is 1.42. The normalized spacial score (nSPS) is 18.6. The molecule has 1 aliphatic heterocycles. The molecule has 3 heteroatoms. The Balaban J connectivity index is 2.89. The fourth-order valence-electron chi connectivity index (χ4n) is 0.691. The van der Waals surface area contributed by atoms with Crippen molar-refractivity contribution >= 4 is 5.71 Å². The lowest BCUT2D eigenvalue weighted by atomic mass is 10.3. The van der Waals surface area contributed by atoms with Crippen molar-refractivity contribution in [3.8, 4) is 0 Å². The van der Waals surface area contributed by atoms with E-state index >= 15 is 0 Å². The van der Waals surface area contributed by atoms with Crippen LogP contribution in [0.5, 0.6) is 0 Å². The third-order valence-corrected chi connectivity index (χ3v) is 1.42. The fraction of sp³-hybridized carbons (Fsp3) is 0.286. The summed E-state index contributed by atoms with van der Waals surface area (Å²) in [4.78, 5) is 0. The monoisotopic (exact) mass is 137 g/mol. The third kappa shape index (κ3) is 1.03. The van der Waals surface area contributed by atoms with E-state index < -0.39 is 0 Å². The van der Waals surface area contributed by atoms with Gasteiger partial charge < -0.3 is 5.32 Å². The molecule has 0 unspecified atom stereocenters. The van der Waals surface area contributed by atoms with Crippen LogP contribution in [0, 0.1) is 0 Å². The van der Waals surface area contributed by atoms with Gasteiger partial charge in [0.05, 0.1) is 11.4 Å². The molecule has 0 bridgehead atoms. The van der Waals surface area contributed by atoms with E-state index in [2.05, 4.69) is 23.6 Å². The first-order valence-corrected chi connectivity index (χ1v) is 3.05. The van der Waals surface area contributed by atoms with Crippen molar-refractivity contribution in [2.75, 3.05) is 7.05 Å². The van der Waals surface area contributed by atoms with Gasteiger partial charge in [-0.2, -0.15) is 5.10 Å². The molecule has 0 aromatic rings. The molecule has 10 heavy (non-hydrogen) atoms. The smallest absolute Gasteiger partial charge is 0.119 e. The molecule has 0 saturated heterocycles. The van der Waals surface area contributed by atoms with Crippen LogP contribution in [0.4, 0.5) is 0 Å². The first kappa shape index (κ1) is 6.86. The van der Waals surface area contributed by atoms with Gasteiger partial charge in [0.1, 0.15) is 5.82 Å². The Kier molecular flexibility index (Phi) is 1.49. The molecule has 1 aliphatic rings. The van der Waals surface area contributed by atoms with Crippen LogP contribution in [0.15, 0.2) is 29.8 Å². The SMILES string of the molecule is C=C1NC(=C)N(C)N=C1C. The van der Waals surface area contributed by atoms with Gasteiger partial charge in [0.25, 0.3) is 0 Å². The molecule has 1 rings (SSSR count). The van der Waals surface area contributed by atoms with Crippen LogP contribution in [0.3, 0.4) is 0 Å². The lowest BCUT2D eigenvalue weighted by Gasteiger charge is -2.24. The molecule has 0 saturated carbocycles. The minimum absolute atomic E-state index is 0.760. The number of nitrogens with one attached hydrogen (secondary N) is 1. The average molecular weight is 137 g/mol. The number of allylic oxidation sites excluding steroid dienone is 1. The predicted molar refractivity (Wildman–Crippen MR) is 42.3 cm³/mol. The number of hydrogen-bond acceptors (Lipinski definition) is 3. The van der Waals surface area contributed by atoms with Crippen molar-refractivity contribution in [3.05, 3.63) is 24.7 Å². The van der Waals surface area contributed by atoms with E-state index in [1.165, 1.54) is 0 Å². The topological polar surface area (TPSA) is 27.6 Å². The van der Waals surface area contributed by atoms with Crippen molar-refractivity contribution in [2.24, 2.45) is 5.10 Å². The molecule has 1 N–H and O–H groups in total. The molecule has 0 radical (unpaired) electrons. The maximum absolute atomic E-state index is 4.13. The minimum atomic E-state index is 0.760. The van der Waals surface area contributed by atoms with Gasteiger partial charge in [0.15, 0.2) is 0 Å². The molecule has 0 aliphatic carbocycles. The summed E-state index contributed by atoms with van der Waals surface area (Å²) in [5.41, 5.74) is 1.72. The van der Waals surface area contributed by atoms with Crippen LogP contribution in [0.2, 0.25) is 0 Å². The fourth-order valence-corrected chi connectivity index (χ4v) is 0.691. The highest BCUT2D eigenvalue weighted by atomic mass is 15.5. The highest BCUT2D eigenvalue weighted by Gasteiger charge is 2.10. The van der Waals surface area contributed by atoms with E-state index in [-0.39, 0.29) is 0 Å². The van der Waals surface area contributed by atoms with E-state index in [0.29, 0.717) is 0 Å². The molecule has 0 fully saturated rings. The average Bonchev–Trinajstić information content (AvgIpc) is 1.84. The summed E-state index contributed by atoms with van der Waals surface area (Å²) >= 11 is 0. The van der Waals surface area contributed by atoms with Crippen LogP contribution < -0.4 is 5.32 Å². The zero-order chi connectivity index (χ0) is 7.72. The summed E-state index contributed by atoms with van der Waals surface area (Å²) < 4.78 is 0. The first-order chi connectivity index (χ1) is 4.61. The van der Waals surface area contributed by atoms with E-state index in [4.69, 9.17) is 0 Å². The first-order valence-electron chi connectivity index (χ1n) is 3.05. The van der Waals surface area contributed by atoms with Gasteiger partial charge in [0, 0.05) is 7.05 Å². The van der Waals surface area contributed by atoms with Crippen molar-refractivity contribution < 1.29 is 0 Å². The number of nitrogens with zero attached hydrogens (tertiary/aromatic N) is 2. The summed E-state index contributed by atoms with van der Waals surface area (Å²) in [5.74, 6) is 0.760. The molecule has 0 amide bonds. The second kappa shape index (κ2) is 2.17. The van der Waals surface area contributed by atoms with Gasteiger partial charge in [-0.05, 0) is 6.92 Å². The molecular weight excluding hydrogens is 126 g/mol. The quantitative estimate of drug-likeness (QED) is 0.536. The summed E-state index contributed by atoms with van der Waals surface area (Å²) in [5, 5.41) is 8.80. The summed E-state index contributed by atoms with van der Waals surface area (Å²) in [7, 11) is 1.84. The second-order valence-electron chi connectivity index (χ2n) is 2.26. The van der Waals surface area contributed by atoms with Gasteiger partial charge in [-0.15, -0.1) is 0 Å². The van der Waals surface area contributed by atoms with Crippen LogP contribution in [-0.2, 0) is 0 Å². The summed E-state index contributed by atoms with van der Waals surface area (Å²) in [6.45, 7) is 9.38. The zero-order valence-corrected chi connectivity index (χ0v) is 6.31. The lowest BCUT2D eigenvalue weighted by molar-refractivity contribution is 0.410. The number of hydrogen-bond donors (Lipinski definition) is 1. The van der Waals surface area contributed by atoms with Gasteiger partial charge in [-0.1, -0.05) is 13.2 Å². The Morgan fingerprint density at radius 3 is 2.60 bits per heavy atom. The summed E-state index contributed by atoms with van der Waals surface area (Å²) in [6, 6.07) is 0. The van der Waals surface area contributed by atoms with Gasteiger partial charge >= 0.3 is 0 Å². The van der Waals surface area contributed by atoms with Crippen LogP contribution in [0.1, 0.15) is 6.92 Å². The van der Waals surface area contributed by atoms with Crippen LogP contribution in [0.25, 0.3) is 0 Å². The zero-order valence-electron chi connectivity index (χ0n) is 6.31. The molecule has 54 valence electrons. The Morgan fingerprint density at radius 2 is 2.10 bits per heavy atom. The van der Waals surface area contributed by atoms with Gasteiger partial charge in [-0.3, -0.25) is 5.01 Å². The molecule has 0 aromatic heterocycles. The molecule has 0 spiro atoms. The van der Waals surface area contributed by atoms with Crippen molar-refractivity contribution in [1.82, 2.24) is 10.3 Å². The largest absolute Gasteiger partial charge is 0.340 e.